The quantitative estimate of drug-likeness (QED) is 0.725. The van der Waals surface area contributed by atoms with Gasteiger partial charge in [-0.3, -0.25) is 0 Å². The zero-order valence-electron chi connectivity index (χ0n) is 10.7. The van der Waals surface area contributed by atoms with Crippen molar-refractivity contribution < 1.29 is 9.84 Å². The third-order valence-electron chi connectivity index (χ3n) is 3.52. The first-order chi connectivity index (χ1) is 9.17. The van der Waals surface area contributed by atoms with Crippen LogP contribution in [0.15, 0.2) is 36.4 Å². The molecule has 0 radical (unpaired) electrons. The maximum atomic E-state index is 9.20. The number of aromatic hydroxyl groups is 1. The van der Waals surface area contributed by atoms with E-state index in [4.69, 9.17) is 16.3 Å². The number of ether oxygens (including phenoxy) is 1. The fraction of sp³-hybridized carbons (Fsp3) is 0.250. The number of rotatable bonds is 1. The molecular weight excluding hydrogens is 260 g/mol. The summed E-state index contributed by atoms with van der Waals surface area (Å²) in [5.41, 5.74) is 1.13. The second kappa shape index (κ2) is 4.78. The molecule has 4 rings (SSSR count). The van der Waals surface area contributed by atoms with Crippen LogP contribution < -0.4 is 4.74 Å². The molecule has 0 aromatic heterocycles. The van der Waals surface area contributed by atoms with E-state index in [0.29, 0.717) is 11.9 Å². The van der Waals surface area contributed by atoms with Crippen LogP contribution in [0.3, 0.4) is 0 Å². The lowest BCUT2D eigenvalue weighted by Crippen LogP contribution is -2.10. The molecule has 1 heterocycles. The van der Waals surface area contributed by atoms with Gasteiger partial charge in [-0.1, -0.05) is 30.7 Å². The van der Waals surface area contributed by atoms with Gasteiger partial charge in [-0.2, -0.15) is 0 Å². The monoisotopic (exact) mass is 274 g/mol. The van der Waals surface area contributed by atoms with E-state index in [1.165, 1.54) is 10.4 Å². The predicted molar refractivity (Wildman–Crippen MR) is 75.6 cm³/mol. The molecule has 0 saturated heterocycles. The molecule has 0 fully saturated rings. The Bertz CT molecular complexity index is 709. The Labute approximate surface area is 116 Å². The molecule has 98 valence electrons. The number of phenols is 1. The van der Waals surface area contributed by atoms with E-state index >= 15 is 0 Å². The van der Waals surface area contributed by atoms with E-state index in [1.807, 2.05) is 18.2 Å². The highest BCUT2D eigenvalue weighted by atomic mass is 35.5. The highest BCUT2D eigenvalue weighted by Crippen LogP contribution is 2.32. The van der Waals surface area contributed by atoms with Gasteiger partial charge < -0.3 is 9.84 Å². The minimum absolute atomic E-state index is 0.307. The van der Waals surface area contributed by atoms with Gasteiger partial charge in [0.25, 0.3) is 0 Å². The van der Waals surface area contributed by atoms with Crippen LogP contribution in [0.5, 0.6) is 11.5 Å². The number of benzene rings is 2. The number of hydrogen-bond acceptors (Lipinski definition) is 2. The van der Waals surface area contributed by atoms with Gasteiger partial charge in [-0.05, 0) is 35.9 Å². The van der Waals surface area contributed by atoms with E-state index in [9.17, 15) is 5.11 Å². The zero-order chi connectivity index (χ0) is 13.4. The lowest BCUT2D eigenvalue weighted by molar-refractivity contribution is 0.228. The summed E-state index contributed by atoms with van der Waals surface area (Å²) < 4.78 is 5.60. The van der Waals surface area contributed by atoms with Gasteiger partial charge in [0.15, 0.2) is 0 Å². The Morgan fingerprint density at radius 1 is 1.26 bits per heavy atom. The molecule has 3 aliphatic rings. The van der Waals surface area contributed by atoms with Crippen molar-refractivity contribution in [3.05, 3.63) is 57.4 Å². The Balaban J connectivity index is 0.000000132. The Morgan fingerprint density at radius 3 is 2.58 bits per heavy atom. The number of halogens is 1. The van der Waals surface area contributed by atoms with Crippen LogP contribution in [0.1, 0.15) is 18.9 Å². The lowest BCUT2D eigenvalue weighted by Gasteiger charge is -2.05. The predicted octanol–water partition coefficient (Wildman–Crippen LogP) is 4.05. The van der Waals surface area contributed by atoms with Crippen molar-refractivity contribution in [1.29, 1.82) is 0 Å². The maximum absolute atomic E-state index is 9.20. The number of fused-ring (bicyclic) bond motifs is 1. The second-order valence-electron chi connectivity index (χ2n) is 4.84. The van der Waals surface area contributed by atoms with Gasteiger partial charge in [-0.25, -0.2) is 0 Å². The van der Waals surface area contributed by atoms with Crippen molar-refractivity contribution in [3.63, 3.8) is 0 Å². The maximum Gasteiger partial charge on any atom is 0.123 e. The first-order valence-electron chi connectivity index (χ1n) is 6.46. The molecule has 0 spiro atoms. The SMILES string of the molecule is CCC1Cc2cc(O)ccc2O1.Clc1cc2ccc1=2. The van der Waals surface area contributed by atoms with Crippen molar-refractivity contribution in [3.8, 4) is 11.5 Å². The van der Waals surface area contributed by atoms with E-state index in [2.05, 4.69) is 13.0 Å². The Morgan fingerprint density at radius 2 is 2.11 bits per heavy atom. The standard InChI is InChI=1S/C10H12O2.C6H3Cl/c1-2-9-6-7-5-8(11)3-4-10(7)12-9;7-6-3-4-1-2-5(4)6/h3-5,9,11H,2,6H2,1H3;1-3H. The van der Waals surface area contributed by atoms with Crippen LogP contribution >= 0.6 is 11.6 Å². The average molecular weight is 275 g/mol. The summed E-state index contributed by atoms with van der Waals surface area (Å²) in [4.78, 5) is 0. The first-order valence-corrected chi connectivity index (χ1v) is 6.83. The van der Waals surface area contributed by atoms with Gasteiger partial charge in [0.2, 0.25) is 0 Å². The van der Waals surface area contributed by atoms with E-state index in [-0.39, 0.29) is 0 Å². The molecule has 1 atom stereocenters. The van der Waals surface area contributed by atoms with Crippen LogP contribution in [0.4, 0.5) is 0 Å². The molecule has 1 aromatic carbocycles. The molecule has 0 bridgehead atoms. The Hall–Kier alpha value is -1.67. The van der Waals surface area contributed by atoms with Crippen LogP contribution in [-0.2, 0) is 6.42 Å². The highest BCUT2D eigenvalue weighted by molar-refractivity contribution is 6.31. The van der Waals surface area contributed by atoms with E-state index in [0.717, 1.165) is 29.2 Å². The van der Waals surface area contributed by atoms with E-state index < -0.39 is 0 Å². The van der Waals surface area contributed by atoms with Crippen molar-refractivity contribution in [2.24, 2.45) is 0 Å². The van der Waals surface area contributed by atoms with Crippen LogP contribution in [0, 0.1) is 10.4 Å². The summed E-state index contributed by atoms with van der Waals surface area (Å²) in [7, 11) is 0. The molecule has 3 heteroatoms. The van der Waals surface area contributed by atoms with Crippen LogP contribution in [0.25, 0.3) is 0 Å². The largest absolute Gasteiger partial charge is 0.508 e. The zero-order valence-corrected chi connectivity index (χ0v) is 11.4. The summed E-state index contributed by atoms with van der Waals surface area (Å²) in [6.07, 6.45) is 2.26. The summed E-state index contributed by atoms with van der Waals surface area (Å²) in [6.45, 7) is 2.11. The highest BCUT2D eigenvalue weighted by Gasteiger charge is 2.20. The second-order valence-corrected chi connectivity index (χ2v) is 5.25. The first kappa shape index (κ1) is 12.4. The molecule has 1 N–H and O–H groups in total. The summed E-state index contributed by atoms with van der Waals surface area (Å²) in [6, 6.07) is 11.3. The third kappa shape index (κ3) is 2.28. The average Bonchev–Trinajstić information content (AvgIpc) is 2.78. The molecule has 0 amide bonds. The molecule has 1 unspecified atom stereocenters. The Kier molecular flexibility index (Phi) is 3.11. The summed E-state index contributed by atoms with van der Waals surface area (Å²) in [5.74, 6) is 1.26. The normalized spacial score (nSPS) is 17.1. The fourth-order valence-corrected chi connectivity index (χ4v) is 2.57. The van der Waals surface area contributed by atoms with Gasteiger partial charge >= 0.3 is 0 Å². The number of hydrogen-bond donors (Lipinski definition) is 1. The molecule has 2 nitrogen and oxygen atoms in total. The molecule has 19 heavy (non-hydrogen) atoms. The smallest absolute Gasteiger partial charge is 0.123 e. The topological polar surface area (TPSA) is 29.5 Å². The molecular formula is C16H15ClO2. The fourth-order valence-electron chi connectivity index (χ4n) is 2.28. The minimum atomic E-state index is 0.307. The lowest BCUT2D eigenvalue weighted by atomic mass is 10.1. The van der Waals surface area contributed by atoms with Crippen molar-refractivity contribution in [1.82, 2.24) is 0 Å². The summed E-state index contributed by atoms with van der Waals surface area (Å²) in [5, 5.41) is 12.7. The third-order valence-corrected chi connectivity index (χ3v) is 3.83. The van der Waals surface area contributed by atoms with Gasteiger partial charge in [0.05, 0.1) is 0 Å². The molecule has 1 aliphatic heterocycles. The van der Waals surface area contributed by atoms with Gasteiger partial charge in [-0.15, -0.1) is 0 Å². The minimum Gasteiger partial charge on any atom is -0.508 e. The van der Waals surface area contributed by atoms with Gasteiger partial charge in [0.1, 0.15) is 17.6 Å². The van der Waals surface area contributed by atoms with Crippen LogP contribution in [-0.4, -0.2) is 11.2 Å². The van der Waals surface area contributed by atoms with Crippen molar-refractivity contribution in [2.45, 2.75) is 25.9 Å². The molecule has 1 aromatic rings. The van der Waals surface area contributed by atoms with E-state index in [1.54, 1.807) is 12.1 Å². The van der Waals surface area contributed by atoms with Gasteiger partial charge in [0, 0.05) is 22.2 Å². The van der Waals surface area contributed by atoms with Crippen LogP contribution in [0.2, 0.25) is 5.02 Å². The number of phenolic OH excluding ortho intramolecular Hbond substituents is 1. The van der Waals surface area contributed by atoms with Crippen molar-refractivity contribution in [2.75, 3.05) is 0 Å². The summed E-state index contributed by atoms with van der Waals surface area (Å²) >= 11 is 5.60. The van der Waals surface area contributed by atoms with Crippen molar-refractivity contribution >= 4 is 11.6 Å². The molecule has 2 aliphatic carbocycles. The molecule has 0 saturated carbocycles.